The van der Waals surface area contributed by atoms with Gasteiger partial charge in [-0.15, -0.1) is 0 Å². The Bertz CT molecular complexity index is 1960. The molecule has 1 aliphatic carbocycles. The van der Waals surface area contributed by atoms with Gasteiger partial charge in [0.1, 0.15) is 36.1 Å². The molecular formula is C35H37N7O3. The first-order valence-corrected chi connectivity index (χ1v) is 15.4. The third-order valence-electron chi connectivity index (χ3n) is 8.60. The number of nitrogens with two attached hydrogens (primary N) is 1. The number of carbonyl (C=O) groups excluding carboxylic acids is 1. The highest BCUT2D eigenvalue weighted by Gasteiger charge is 2.25. The van der Waals surface area contributed by atoms with Crippen LogP contribution in [0.4, 0.5) is 22.0 Å². The molecule has 0 bridgehead atoms. The minimum atomic E-state index is -0.363. The molecule has 1 atom stereocenters. The molecule has 0 spiro atoms. The predicted molar refractivity (Wildman–Crippen MR) is 179 cm³/mol. The molecule has 2 aliphatic rings. The van der Waals surface area contributed by atoms with Crippen molar-refractivity contribution in [3.63, 3.8) is 0 Å². The van der Waals surface area contributed by atoms with E-state index in [1.165, 1.54) is 5.57 Å². The second kappa shape index (κ2) is 11.8. The molecule has 0 radical (unpaired) electrons. The molecule has 0 saturated carbocycles. The second-order valence-electron chi connectivity index (χ2n) is 11.8. The van der Waals surface area contributed by atoms with Crippen LogP contribution in [0.1, 0.15) is 50.5 Å². The number of anilines is 3. The molecule has 0 saturated heterocycles. The van der Waals surface area contributed by atoms with Crippen molar-refractivity contribution in [2.45, 2.75) is 45.1 Å². The number of carbonyl (C=O) groups is 1. The van der Waals surface area contributed by atoms with Gasteiger partial charge in [0, 0.05) is 34.7 Å². The first-order valence-electron chi connectivity index (χ1n) is 15.4. The van der Waals surface area contributed by atoms with Crippen molar-refractivity contribution < 1.29 is 14.3 Å². The molecule has 230 valence electrons. The Balaban J connectivity index is 1.27. The van der Waals surface area contributed by atoms with Crippen molar-refractivity contribution in [2.75, 3.05) is 36.6 Å². The van der Waals surface area contributed by atoms with Gasteiger partial charge in [0.2, 0.25) is 0 Å². The number of hydrogen-bond acceptors (Lipinski definition) is 7. The number of nitrogens with zero attached hydrogens (tertiary/aromatic N) is 3. The first-order chi connectivity index (χ1) is 21.9. The quantitative estimate of drug-likeness (QED) is 0.168. The maximum atomic E-state index is 13.1. The lowest BCUT2D eigenvalue weighted by molar-refractivity contribution is 0.171. The maximum Gasteiger partial charge on any atom is 0.323 e. The van der Waals surface area contributed by atoms with Crippen LogP contribution in [0.25, 0.3) is 33.1 Å². The maximum absolute atomic E-state index is 13.1. The van der Waals surface area contributed by atoms with E-state index in [4.69, 9.17) is 20.2 Å². The molecular weight excluding hydrogens is 566 g/mol. The molecule has 0 fully saturated rings. The zero-order chi connectivity index (χ0) is 31.1. The van der Waals surface area contributed by atoms with Gasteiger partial charge >= 0.3 is 6.03 Å². The summed E-state index contributed by atoms with van der Waals surface area (Å²) in [6, 6.07) is 17.4. The molecule has 7 rings (SSSR count). The standard InChI is InChI=1S/C35H37N7O3/c1-20(2)34-41-31(32-33(36)38-19-28(42(32)34)21-8-10-22(37-3)11-9-21)26-13-14-27(25-7-5-4-6-24(25)26)40-35(43)39-23-12-15-29-30(18-23)45-17-16-44-29/h4-8,12-15,18-20,22,37H,9-11,16-17H2,1-3H3,(H2,36,38)(H2,39,40,43). The van der Waals surface area contributed by atoms with E-state index in [-0.39, 0.29) is 11.9 Å². The number of allylic oxidation sites excluding steroid dienone is 1. The third-order valence-corrected chi connectivity index (χ3v) is 8.60. The number of urea groups is 1. The number of imidazole rings is 1. The monoisotopic (exact) mass is 603 g/mol. The van der Waals surface area contributed by atoms with E-state index in [0.717, 1.165) is 58.3 Å². The van der Waals surface area contributed by atoms with E-state index in [1.54, 1.807) is 18.2 Å². The van der Waals surface area contributed by atoms with Crippen LogP contribution in [-0.2, 0) is 0 Å². The largest absolute Gasteiger partial charge is 0.486 e. The van der Waals surface area contributed by atoms with Crippen molar-refractivity contribution >= 4 is 45.1 Å². The summed E-state index contributed by atoms with van der Waals surface area (Å²) in [6.45, 7) is 5.29. The summed E-state index contributed by atoms with van der Waals surface area (Å²) in [5.74, 6) is 2.80. The number of hydrogen-bond donors (Lipinski definition) is 4. The Kier molecular flexibility index (Phi) is 7.50. The summed E-state index contributed by atoms with van der Waals surface area (Å²) in [6.07, 6.45) is 7.18. The zero-order valence-corrected chi connectivity index (χ0v) is 25.7. The van der Waals surface area contributed by atoms with Crippen LogP contribution in [0.2, 0.25) is 0 Å². The van der Waals surface area contributed by atoms with Crippen LogP contribution in [0.15, 0.2) is 66.9 Å². The van der Waals surface area contributed by atoms with E-state index >= 15 is 0 Å². The van der Waals surface area contributed by atoms with Gasteiger partial charge in [0.05, 0.1) is 17.6 Å². The lowest BCUT2D eigenvalue weighted by Gasteiger charge is -2.22. The summed E-state index contributed by atoms with van der Waals surface area (Å²) in [4.78, 5) is 23.0. The van der Waals surface area contributed by atoms with Crippen molar-refractivity contribution in [2.24, 2.45) is 0 Å². The molecule has 3 aromatic carbocycles. The number of aromatic nitrogens is 3. The third kappa shape index (κ3) is 5.31. The van der Waals surface area contributed by atoms with Crippen LogP contribution in [0.3, 0.4) is 0 Å². The fraction of sp³-hybridized carbons (Fsp3) is 0.286. The van der Waals surface area contributed by atoms with Crippen LogP contribution in [0.5, 0.6) is 11.5 Å². The Morgan fingerprint density at radius 1 is 1.02 bits per heavy atom. The van der Waals surface area contributed by atoms with Gasteiger partial charge in [-0.2, -0.15) is 0 Å². The summed E-state index contributed by atoms with van der Waals surface area (Å²) in [5, 5.41) is 11.2. The summed E-state index contributed by atoms with van der Waals surface area (Å²) in [7, 11) is 2.02. The van der Waals surface area contributed by atoms with Gasteiger partial charge in [-0.3, -0.25) is 4.40 Å². The Morgan fingerprint density at radius 3 is 2.58 bits per heavy atom. The normalized spacial score (nSPS) is 16.2. The zero-order valence-electron chi connectivity index (χ0n) is 25.7. The number of nitrogen functional groups attached to an aromatic ring is 1. The van der Waals surface area contributed by atoms with E-state index in [2.05, 4.69) is 45.3 Å². The molecule has 45 heavy (non-hydrogen) atoms. The van der Waals surface area contributed by atoms with E-state index in [1.807, 2.05) is 49.6 Å². The topological polar surface area (TPSA) is 128 Å². The summed E-state index contributed by atoms with van der Waals surface area (Å²) in [5.41, 5.74) is 12.7. The molecule has 10 nitrogen and oxygen atoms in total. The highest BCUT2D eigenvalue weighted by molar-refractivity contribution is 6.11. The number of fused-ring (bicyclic) bond motifs is 3. The minimum absolute atomic E-state index is 0.150. The number of ether oxygens (including phenoxy) is 2. The van der Waals surface area contributed by atoms with E-state index in [0.29, 0.717) is 47.9 Å². The summed E-state index contributed by atoms with van der Waals surface area (Å²) < 4.78 is 13.5. The van der Waals surface area contributed by atoms with Crippen LogP contribution in [0, 0.1) is 0 Å². The Labute approximate surface area is 261 Å². The predicted octanol–water partition coefficient (Wildman–Crippen LogP) is 6.83. The Morgan fingerprint density at radius 2 is 1.82 bits per heavy atom. The SMILES string of the molecule is CNC1CC=C(c2cnc(N)c3c(-c4ccc(NC(=O)Nc5ccc6c(c5)OCCO6)c5ccccc45)nc(C(C)C)n23)CC1. The molecule has 2 amide bonds. The van der Waals surface area contributed by atoms with E-state index in [9.17, 15) is 4.79 Å². The number of benzene rings is 3. The van der Waals surface area contributed by atoms with Crippen LogP contribution in [-0.4, -0.2) is 46.7 Å². The van der Waals surface area contributed by atoms with Crippen molar-refractivity contribution in [3.05, 3.63) is 78.4 Å². The van der Waals surface area contributed by atoms with Crippen LogP contribution < -0.4 is 31.2 Å². The smallest absolute Gasteiger partial charge is 0.323 e. The first kappa shape index (κ1) is 28.7. The summed E-state index contributed by atoms with van der Waals surface area (Å²) >= 11 is 0. The fourth-order valence-electron chi connectivity index (χ4n) is 6.32. The molecule has 10 heteroatoms. The highest BCUT2D eigenvalue weighted by Crippen LogP contribution is 2.40. The van der Waals surface area contributed by atoms with Gasteiger partial charge in [-0.05, 0) is 55.5 Å². The molecule has 2 aromatic heterocycles. The van der Waals surface area contributed by atoms with Crippen LogP contribution >= 0.6 is 0 Å². The highest BCUT2D eigenvalue weighted by atomic mass is 16.6. The number of rotatable bonds is 6. The number of nitrogens with one attached hydrogen (secondary N) is 3. The lowest BCUT2D eigenvalue weighted by atomic mass is 9.93. The number of amides is 2. The molecule has 1 aliphatic heterocycles. The second-order valence-corrected chi connectivity index (χ2v) is 11.8. The molecule has 1 unspecified atom stereocenters. The van der Waals surface area contributed by atoms with Crippen molar-refractivity contribution in [1.29, 1.82) is 0 Å². The minimum Gasteiger partial charge on any atom is -0.486 e. The Hall–Kier alpha value is -5.09. The molecule has 5 N–H and O–H groups in total. The van der Waals surface area contributed by atoms with Gasteiger partial charge in [-0.25, -0.2) is 14.8 Å². The van der Waals surface area contributed by atoms with Gasteiger partial charge in [0.25, 0.3) is 0 Å². The van der Waals surface area contributed by atoms with Gasteiger partial charge in [0.15, 0.2) is 11.5 Å². The van der Waals surface area contributed by atoms with Crippen molar-refractivity contribution in [3.8, 4) is 22.8 Å². The molecule has 5 aromatic rings. The van der Waals surface area contributed by atoms with Gasteiger partial charge in [-0.1, -0.05) is 50.3 Å². The van der Waals surface area contributed by atoms with Gasteiger partial charge < -0.3 is 31.2 Å². The lowest BCUT2D eigenvalue weighted by Crippen LogP contribution is -2.26. The average molecular weight is 604 g/mol. The van der Waals surface area contributed by atoms with E-state index < -0.39 is 0 Å². The van der Waals surface area contributed by atoms with Crippen molar-refractivity contribution in [1.82, 2.24) is 19.7 Å². The molecule has 3 heterocycles. The fourth-order valence-corrected chi connectivity index (χ4v) is 6.32. The average Bonchev–Trinajstić information content (AvgIpc) is 3.47.